The Bertz CT molecular complexity index is 609. The van der Waals surface area contributed by atoms with Crippen molar-refractivity contribution >= 4 is 27.7 Å². The molecule has 0 aromatic heterocycles. The molecule has 0 bridgehead atoms. The Hall–Kier alpha value is -0.770. The number of aliphatic hydroxyl groups is 1. The second kappa shape index (κ2) is 4.97. The van der Waals surface area contributed by atoms with Gasteiger partial charge in [-0.1, -0.05) is 46.3 Å². The average molecular weight is 335 g/mol. The standard InChI is InChI=1S/C16H15BrOS/c1-16(18)10-15(11-5-4-6-12(17)9-11)19-14-8-3-2-7-13(14)16/h2-9,15,18H,10H2,1H3/t15-,16-/m1/s1. The third-order valence-corrected chi connectivity index (χ3v) is 5.37. The SMILES string of the molecule is C[C@@]1(O)C[C@H](c2cccc(Br)c2)Sc2ccccc21. The zero-order valence-corrected chi connectivity index (χ0v) is 13.0. The van der Waals surface area contributed by atoms with E-state index >= 15 is 0 Å². The van der Waals surface area contributed by atoms with Crippen molar-refractivity contribution in [3.8, 4) is 0 Å². The van der Waals surface area contributed by atoms with Crippen LogP contribution in [0.15, 0.2) is 57.9 Å². The quantitative estimate of drug-likeness (QED) is 0.800. The molecule has 0 saturated carbocycles. The highest BCUT2D eigenvalue weighted by Gasteiger charge is 2.35. The van der Waals surface area contributed by atoms with Crippen LogP contribution in [0, 0.1) is 0 Å². The summed E-state index contributed by atoms with van der Waals surface area (Å²) in [5, 5.41) is 11.0. The lowest BCUT2D eigenvalue weighted by Gasteiger charge is -2.35. The molecule has 1 N–H and O–H groups in total. The Balaban J connectivity index is 2.01. The van der Waals surface area contributed by atoms with E-state index in [1.807, 2.05) is 43.0 Å². The first-order chi connectivity index (χ1) is 9.06. The van der Waals surface area contributed by atoms with Crippen molar-refractivity contribution in [1.82, 2.24) is 0 Å². The number of benzene rings is 2. The van der Waals surface area contributed by atoms with Gasteiger partial charge in [0.15, 0.2) is 0 Å². The molecule has 98 valence electrons. The van der Waals surface area contributed by atoms with Crippen molar-refractivity contribution in [1.29, 1.82) is 0 Å². The Kier molecular flexibility index (Phi) is 3.46. The molecule has 19 heavy (non-hydrogen) atoms. The topological polar surface area (TPSA) is 20.2 Å². The van der Waals surface area contributed by atoms with Gasteiger partial charge in [0.05, 0.1) is 5.60 Å². The highest BCUT2D eigenvalue weighted by molar-refractivity contribution is 9.10. The second-order valence-electron chi connectivity index (χ2n) is 5.14. The minimum Gasteiger partial charge on any atom is -0.385 e. The zero-order chi connectivity index (χ0) is 13.5. The molecule has 2 aromatic carbocycles. The Morgan fingerprint density at radius 1 is 1.21 bits per heavy atom. The van der Waals surface area contributed by atoms with E-state index in [1.54, 1.807) is 0 Å². The summed E-state index contributed by atoms with van der Waals surface area (Å²) in [6, 6.07) is 16.5. The second-order valence-corrected chi connectivity index (χ2v) is 7.30. The van der Waals surface area contributed by atoms with Gasteiger partial charge in [-0.3, -0.25) is 0 Å². The maximum Gasteiger partial charge on any atom is 0.0893 e. The predicted molar refractivity (Wildman–Crippen MR) is 83.4 cm³/mol. The normalized spacial score (nSPS) is 25.9. The van der Waals surface area contributed by atoms with Crippen LogP contribution in [-0.4, -0.2) is 5.11 Å². The molecular weight excluding hydrogens is 320 g/mol. The summed E-state index contributed by atoms with van der Waals surface area (Å²) < 4.78 is 1.09. The van der Waals surface area contributed by atoms with Crippen molar-refractivity contribution in [2.45, 2.75) is 29.1 Å². The molecule has 0 aliphatic carbocycles. The molecular formula is C16H15BrOS. The minimum atomic E-state index is -0.755. The minimum absolute atomic E-state index is 0.294. The molecule has 1 aliphatic heterocycles. The van der Waals surface area contributed by atoms with Crippen LogP contribution in [0.2, 0.25) is 0 Å². The van der Waals surface area contributed by atoms with Crippen LogP contribution in [0.25, 0.3) is 0 Å². The van der Waals surface area contributed by atoms with Gasteiger partial charge in [0.25, 0.3) is 0 Å². The van der Waals surface area contributed by atoms with Gasteiger partial charge in [0.1, 0.15) is 0 Å². The van der Waals surface area contributed by atoms with Gasteiger partial charge in [0, 0.05) is 14.6 Å². The van der Waals surface area contributed by atoms with Crippen LogP contribution < -0.4 is 0 Å². The molecule has 1 nitrogen and oxygen atoms in total. The fraction of sp³-hybridized carbons (Fsp3) is 0.250. The first-order valence-corrected chi connectivity index (χ1v) is 7.97. The van der Waals surface area contributed by atoms with Crippen LogP contribution >= 0.6 is 27.7 Å². The summed E-state index contributed by atoms with van der Waals surface area (Å²) in [5.41, 5.74) is 1.55. The highest BCUT2D eigenvalue weighted by atomic mass is 79.9. The van der Waals surface area contributed by atoms with E-state index in [0.29, 0.717) is 5.25 Å². The van der Waals surface area contributed by atoms with Gasteiger partial charge < -0.3 is 5.11 Å². The van der Waals surface area contributed by atoms with Crippen molar-refractivity contribution in [3.05, 3.63) is 64.1 Å². The number of thioether (sulfide) groups is 1. The smallest absolute Gasteiger partial charge is 0.0893 e. The third kappa shape index (κ3) is 2.60. The fourth-order valence-corrected chi connectivity index (χ4v) is 4.56. The molecule has 0 unspecified atom stereocenters. The predicted octanol–water partition coefficient (Wildman–Crippen LogP) is 4.89. The van der Waals surface area contributed by atoms with Crippen LogP contribution in [0.4, 0.5) is 0 Å². The maximum atomic E-state index is 10.7. The molecule has 1 aliphatic rings. The van der Waals surface area contributed by atoms with Gasteiger partial charge in [-0.15, -0.1) is 11.8 Å². The van der Waals surface area contributed by atoms with E-state index < -0.39 is 5.60 Å². The highest BCUT2D eigenvalue weighted by Crippen LogP contribution is 2.51. The van der Waals surface area contributed by atoms with E-state index in [9.17, 15) is 5.11 Å². The van der Waals surface area contributed by atoms with Crippen molar-refractivity contribution < 1.29 is 5.11 Å². The zero-order valence-electron chi connectivity index (χ0n) is 10.6. The Morgan fingerprint density at radius 2 is 2.00 bits per heavy atom. The summed E-state index contributed by atoms with van der Waals surface area (Å²) >= 11 is 5.36. The molecule has 1 heterocycles. The van der Waals surface area contributed by atoms with Crippen molar-refractivity contribution in [3.63, 3.8) is 0 Å². The Morgan fingerprint density at radius 3 is 2.79 bits per heavy atom. The molecule has 2 atom stereocenters. The van der Waals surface area contributed by atoms with Crippen molar-refractivity contribution in [2.24, 2.45) is 0 Å². The van der Waals surface area contributed by atoms with E-state index in [-0.39, 0.29) is 0 Å². The van der Waals surface area contributed by atoms with Gasteiger partial charge in [-0.25, -0.2) is 0 Å². The molecule has 3 heteroatoms. The van der Waals surface area contributed by atoms with E-state index in [0.717, 1.165) is 16.5 Å². The average Bonchev–Trinajstić information content (AvgIpc) is 2.38. The van der Waals surface area contributed by atoms with Crippen LogP contribution in [0.3, 0.4) is 0 Å². The molecule has 0 saturated heterocycles. The lowest BCUT2D eigenvalue weighted by Crippen LogP contribution is -2.27. The van der Waals surface area contributed by atoms with Gasteiger partial charge in [0.2, 0.25) is 0 Å². The molecule has 0 radical (unpaired) electrons. The molecule has 3 rings (SSSR count). The summed E-state index contributed by atoms with van der Waals surface area (Å²) in [4.78, 5) is 1.18. The summed E-state index contributed by atoms with van der Waals surface area (Å²) in [7, 11) is 0. The van der Waals surface area contributed by atoms with Gasteiger partial charge in [-0.2, -0.15) is 0 Å². The van der Waals surface area contributed by atoms with Crippen LogP contribution in [-0.2, 0) is 5.60 Å². The lowest BCUT2D eigenvalue weighted by atomic mass is 9.88. The number of hydrogen-bond acceptors (Lipinski definition) is 2. The molecule has 0 spiro atoms. The Labute approximate surface area is 126 Å². The summed E-state index contributed by atoms with van der Waals surface area (Å²) in [5.74, 6) is 0. The lowest BCUT2D eigenvalue weighted by molar-refractivity contribution is 0.0421. The van der Waals surface area contributed by atoms with Gasteiger partial charge >= 0.3 is 0 Å². The number of halogens is 1. The van der Waals surface area contributed by atoms with Crippen molar-refractivity contribution in [2.75, 3.05) is 0 Å². The maximum absolute atomic E-state index is 10.7. The first kappa shape index (κ1) is 13.2. The molecule has 0 fully saturated rings. The first-order valence-electron chi connectivity index (χ1n) is 6.30. The van der Waals surface area contributed by atoms with E-state index in [1.165, 1.54) is 10.5 Å². The monoisotopic (exact) mass is 334 g/mol. The number of rotatable bonds is 1. The largest absolute Gasteiger partial charge is 0.385 e. The van der Waals surface area contributed by atoms with E-state index in [4.69, 9.17) is 0 Å². The van der Waals surface area contributed by atoms with Gasteiger partial charge in [-0.05, 0) is 42.7 Å². The van der Waals surface area contributed by atoms with Crippen LogP contribution in [0.1, 0.15) is 29.7 Å². The number of hydrogen-bond donors (Lipinski definition) is 1. The number of fused-ring (bicyclic) bond motifs is 1. The molecule has 0 amide bonds. The van der Waals surface area contributed by atoms with E-state index in [2.05, 4.69) is 40.2 Å². The summed E-state index contributed by atoms with van der Waals surface area (Å²) in [6.07, 6.45) is 0.741. The molecule has 2 aromatic rings. The third-order valence-electron chi connectivity index (χ3n) is 3.54. The van der Waals surface area contributed by atoms with Crippen LogP contribution in [0.5, 0.6) is 0 Å². The summed E-state index contributed by atoms with van der Waals surface area (Å²) in [6.45, 7) is 1.91. The fourth-order valence-electron chi connectivity index (χ4n) is 2.57.